The van der Waals surface area contributed by atoms with Crippen LogP contribution >= 0.6 is 0 Å². The molecule has 2 aromatic carbocycles. The Hall–Kier alpha value is -4.01. The summed E-state index contributed by atoms with van der Waals surface area (Å²) in [6.45, 7) is 4.64. The maximum absolute atomic E-state index is 13.4. The summed E-state index contributed by atoms with van der Waals surface area (Å²) in [5, 5.41) is 13.7. The molecule has 4 aromatic rings. The molecule has 0 bridgehead atoms. The van der Waals surface area contributed by atoms with Crippen LogP contribution in [0.1, 0.15) is 60.5 Å². The number of aromatic amines is 1. The lowest BCUT2D eigenvalue weighted by Crippen LogP contribution is -2.13. The summed E-state index contributed by atoms with van der Waals surface area (Å²) >= 11 is 0. The van der Waals surface area contributed by atoms with Gasteiger partial charge >= 0.3 is 0 Å². The van der Waals surface area contributed by atoms with Gasteiger partial charge in [-0.3, -0.25) is 9.59 Å². The SMILES string of the molecule is CCCCCCCOc1ccc(C(=O)c2cc(C)cc3c(=O)c(N)c(-c4nn[nH]n4)oc23)cc1. The minimum Gasteiger partial charge on any atom is -0.494 e. The highest BCUT2D eigenvalue weighted by Crippen LogP contribution is 2.29. The topological polar surface area (TPSA) is 137 Å². The summed E-state index contributed by atoms with van der Waals surface area (Å²) < 4.78 is 11.7. The Morgan fingerprint density at radius 2 is 1.88 bits per heavy atom. The molecule has 4 rings (SSSR count). The van der Waals surface area contributed by atoms with E-state index in [1.807, 2.05) is 0 Å². The number of nitrogens with zero attached hydrogens (tertiary/aromatic N) is 3. The third-order valence-electron chi connectivity index (χ3n) is 5.60. The van der Waals surface area contributed by atoms with Gasteiger partial charge in [0.25, 0.3) is 0 Å². The number of nitrogens with two attached hydrogens (primary N) is 1. The van der Waals surface area contributed by atoms with Crippen molar-refractivity contribution >= 4 is 22.4 Å². The van der Waals surface area contributed by atoms with Crippen molar-refractivity contribution in [1.82, 2.24) is 20.6 Å². The van der Waals surface area contributed by atoms with E-state index in [2.05, 4.69) is 27.5 Å². The van der Waals surface area contributed by atoms with E-state index in [9.17, 15) is 9.59 Å². The third-order valence-corrected chi connectivity index (χ3v) is 5.60. The number of hydrogen-bond donors (Lipinski definition) is 2. The Morgan fingerprint density at radius 1 is 1.12 bits per heavy atom. The van der Waals surface area contributed by atoms with Crippen LogP contribution in [-0.4, -0.2) is 33.0 Å². The van der Waals surface area contributed by atoms with Crippen LogP contribution in [0.3, 0.4) is 0 Å². The van der Waals surface area contributed by atoms with Crippen molar-refractivity contribution < 1.29 is 13.9 Å². The zero-order valence-corrected chi connectivity index (χ0v) is 19.3. The summed E-state index contributed by atoms with van der Waals surface area (Å²) in [5.74, 6) is 0.421. The van der Waals surface area contributed by atoms with Gasteiger partial charge in [-0.15, -0.1) is 10.2 Å². The second-order valence-corrected chi connectivity index (χ2v) is 8.21. The highest BCUT2D eigenvalue weighted by molar-refractivity contribution is 6.15. The van der Waals surface area contributed by atoms with Crippen molar-refractivity contribution in [3.8, 4) is 17.3 Å². The lowest BCUT2D eigenvalue weighted by Gasteiger charge is -2.10. The number of aromatic nitrogens is 4. The molecule has 0 aliphatic carbocycles. The normalized spacial score (nSPS) is 11.1. The van der Waals surface area contributed by atoms with Crippen molar-refractivity contribution in [2.45, 2.75) is 46.0 Å². The van der Waals surface area contributed by atoms with Crippen molar-refractivity contribution in [3.05, 3.63) is 63.3 Å². The summed E-state index contributed by atoms with van der Waals surface area (Å²) in [4.78, 5) is 26.3. The van der Waals surface area contributed by atoms with Crippen molar-refractivity contribution in [2.24, 2.45) is 0 Å². The van der Waals surface area contributed by atoms with Gasteiger partial charge in [-0.05, 0) is 60.5 Å². The van der Waals surface area contributed by atoms with Crippen LogP contribution in [0.25, 0.3) is 22.6 Å². The molecule has 0 radical (unpaired) electrons. The average molecular weight is 462 g/mol. The number of nitrogens with one attached hydrogen (secondary N) is 1. The molecule has 0 saturated heterocycles. The molecule has 9 nitrogen and oxygen atoms in total. The van der Waals surface area contributed by atoms with Crippen LogP contribution in [0.2, 0.25) is 0 Å². The van der Waals surface area contributed by atoms with Gasteiger partial charge in [0.05, 0.1) is 17.6 Å². The van der Waals surface area contributed by atoms with E-state index in [0.29, 0.717) is 17.9 Å². The Balaban J connectivity index is 1.62. The molecule has 34 heavy (non-hydrogen) atoms. The van der Waals surface area contributed by atoms with Gasteiger partial charge in [0.1, 0.15) is 17.0 Å². The number of ether oxygens (including phenoxy) is 1. The van der Waals surface area contributed by atoms with Gasteiger partial charge in [-0.2, -0.15) is 5.21 Å². The first kappa shape index (κ1) is 23.2. The number of H-pyrrole nitrogens is 1. The lowest BCUT2D eigenvalue weighted by atomic mass is 9.98. The molecule has 0 spiro atoms. The van der Waals surface area contributed by atoms with E-state index >= 15 is 0 Å². The Bertz CT molecular complexity index is 1340. The first-order valence-electron chi connectivity index (χ1n) is 11.4. The number of benzene rings is 2. The van der Waals surface area contributed by atoms with Crippen molar-refractivity contribution in [1.29, 1.82) is 0 Å². The minimum atomic E-state index is -0.457. The van der Waals surface area contributed by atoms with Gasteiger partial charge in [-0.1, -0.05) is 32.6 Å². The smallest absolute Gasteiger partial charge is 0.242 e. The fourth-order valence-corrected chi connectivity index (χ4v) is 3.80. The van der Waals surface area contributed by atoms with E-state index in [-0.39, 0.29) is 39.6 Å². The predicted octanol–water partition coefficient (Wildman–Crippen LogP) is 4.44. The van der Waals surface area contributed by atoms with Crippen LogP contribution in [0.15, 0.2) is 45.6 Å². The second-order valence-electron chi connectivity index (χ2n) is 8.21. The molecule has 0 saturated carbocycles. The molecule has 2 heterocycles. The largest absolute Gasteiger partial charge is 0.494 e. The van der Waals surface area contributed by atoms with Crippen LogP contribution in [0, 0.1) is 6.92 Å². The zero-order valence-electron chi connectivity index (χ0n) is 19.3. The summed E-state index contributed by atoms with van der Waals surface area (Å²) in [6.07, 6.45) is 5.82. The van der Waals surface area contributed by atoms with Crippen LogP contribution in [0.5, 0.6) is 5.75 Å². The van der Waals surface area contributed by atoms with E-state index in [4.69, 9.17) is 14.9 Å². The van der Waals surface area contributed by atoms with E-state index in [1.165, 1.54) is 19.3 Å². The van der Waals surface area contributed by atoms with Crippen LogP contribution in [0.4, 0.5) is 5.69 Å². The number of unbranched alkanes of at least 4 members (excludes halogenated alkanes) is 4. The number of carbonyl (C=O) groups is 1. The number of nitrogen functional groups attached to an aromatic ring is 1. The Morgan fingerprint density at radius 3 is 2.59 bits per heavy atom. The molecule has 3 N–H and O–H groups in total. The van der Waals surface area contributed by atoms with E-state index in [1.54, 1.807) is 43.3 Å². The quantitative estimate of drug-likeness (QED) is 0.261. The number of aryl methyl sites for hydroxylation is 1. The van der Waals surface area contributed by atoms with Crippen LogP contribution < -0.4 is 15.9 Å². The summed E-state index contributed by atoms with van der Waals surface area (Å²) in [7, 11) is 0. The lowest BCUT2D eigenvalue weighted by molar-refractivity contribution is 0.103. The molecule has 0 aliphatic heterocycles. The maximum Gasteiger partial charge on any atom is 0.242 e. The highest BCUT2D eigenvalue weighted by Gasteiger charge is 2.22. The van der Waals surface area contributed by atoms with Crippen molar-refractivity contribution in [2.75, 3.05) is 12.3 Å². The molecule has 2 aromatic heterocycles. The number of hydrogen-bond acceptors (Lipinski definition) is 8. The van der Waals surface area contributed by atoms with Gasteiger partial charge in [-0.25, -0.2) is 0 Å². The van der Waals surface area contributed by atoms with Gasteiger partial charge in [0.2, 0.25) is 17.0 Å². The molecule has 0 fully saturated rings. The first-order valence-corrected chi connectivity index (χ1v) is 11.4. The molecule has 0 unspecified atom stereocenters. The van der Waals surface area contributed by atoms with E-state index in [0.717, 1.165) is 18.4 Å². The monoisotopic (exact) mass is 461 g/mol. The fourth-order valence-electron chi connectivity index (χ4n) is 3.80. The number of fused-ring (bicyclic) bond motifs is 1. The summed E-state index contributed by atoms with van der Waals surface area (Å²) in [5.41, 5.74) is 6.95. The highest BCUT2D eigenvalue weighted by atomic mass is 16.5. The number of ketones is 1. The molecule has 176 valence electrons. The fraction of sp³-hybridized carbons (Fsp3) is 0.320. The molecule has 0 atom stereocenters. The average Bonchev–Trinajstić information content (AvgIpc) is 3.38. The molecular formula is C25H27N5O4. The predicted molar refractivity (Wildman–Crippen MR) is 129 cm³/mol. The maximum atomic E-state index is 13.4. The Kier molecular flexibility index (Phi) is 7.01. The number of anilines is 1. The van der Waals surface area contributed by atoms with Gasteiger partial charge < -0.3 is 14.9 Å². The molecule has 0 aliphatic rings. The first-order chi connectivity index (χ1) is 16.5. The van der Waals surface area contributed by atoms with Crippen LogP contribution in [-0.2, 0) is 0 Å². The zero-order chi connectivity index (χ0) is 24.1. The number of rotatable bonds is 10. The van der Waals surface area contributed by atoms with E-state index < -0.39 is 5.43 Å². The second kappa shape index (κ2) is 10.3. The minimum absolute atomic E-state index is 0.0340. The van der Waals surface area contributed by atoms with Gasteiger partial charge in [0, 0.05) is 5.56 Å². The standard InChI is InChI=1S/C25H27N5O4/c1-3-4-5-6-7-12-33-17-10-8-16(9-11-17)21(31)18-13-15(2)14-19-22(32)20(26)24(34-23(18)19)25-27-29-30-28-25/h8-11,13-14H,3-7,12,26H2,1-2H3,(H,27,28,29,30). The number of tetrazole rings is 1. The van der Waals surface area contributed by atoms with Gasteiger partial charge in [0.15, 0.2) is 5.78 Å². The Labute approximate surface area is 196 Å². The molecule has 0 amide bonds. The molecule has 9 heteroatoms. The molecular weight excluding hydrogens is 434 g/mol. The number of carbonyl (C=O) groups excluding carboxylic acids is 1. The van der Waals surface area contributed by atoms with Crippen molar-refractivity contribution in [3.63, 3.8) is 0 Å². The summed E-state index contributed by atoms with van der Waals surface area (Å²) in [6, 6.07) is 10.3. The third kappa shape index (κ3) is 4.83.